The highest BCUT2D eigenvalue weighted by Crippen LogP contribution is 2.31. The number of aryl methyl sites for hydroxylation is 2. The Morgan fingerprint density at radius 3 is 2.46 bits per heavy atom. The number of nitrogens with zero attached hydrogens (tertiary/aromatic N) is 2. The number of pyridine rings is 1. The summed E-state index contributed by atoms with van der Waals surface area (Å²) < 4.78 is 12.1. The van der Waals surface area contributed by atoms with E-state index in [1.807, 2.05) is 43.5 Å². The van der Waals surface area contributed by atoms with Crippen molar-refractivity contribution in [2.45, 2.75) is 56.4 Å². The minimum atomic E-state index is -1.01. The minimum absolute atomic E-state index is 0.328. The van der Waals surface area contributed by atoms with E-state index < -0.39 is 10.8 Å². The summed E-state index contributed by atoms with van der Waals surface area (Å²) in [6.07, 6.45) is 9.24. The molecule has 35 heavy (non-hydrogen) atoms. The topological polar surface area (TPSA) is 83.1 Å². The fourth-order valence-electron chi connectivity index (χ4n) is 5.47. The molecule has 3 aromatic rings. The van der Waals surface area contributed by atoms with Gasteiger partial charge in [-0.3, -0.25) is 9.62 Å². The van der Waals surface area contributed by atoms with Crippen LogP contribution in [0.1, 0.15) is 54.9 Å². The highest BCUT2D eigenvalue weighted by molar-refractivity contribution is 7.85. The van der Waals surface area contributed by atoms with Crippen LogP contribution in [0.25, 0.3) is 11.1 Å². The average Bonchev–Trinajstić information content (AvgIpc) is 3.35. The van der Waals surface area contributed by atoms with Crippen LogP contribution < -0.4 is 5.73 Å². The van der Waals surface area contributed by atoms with Crippen LogP contribution in [-0.4, -0.2) is 44.7 Å². The number of hydrogen-bond acceptors (Lipinski definition) is 5. The van der Waals surface area contributed by atoms with Crippen LogP contribution in [0.3, 0.4) is 0 Å². The van der Waals surface area contributed by atoms with Gasteiger partial charge in [0.1, 0.15) is 5.82 Å². The number of nitrogen functional groups attached to an aromatic ring is 1. The van der Waals surface area contributed by atoms with Gasteiger partial charge >= 0.3 is 0 Å². The van der Waals surface area contributed by atoms with E-state index in [1.165, 1.54) is 49.9 Å². The quantitative estimate of drug-likeness (QED) is 0.370. The smallest absolute Gasteiger partial charge is 0.132 e. The van der Waals surface area contributed by atoms with Gasteiger partial charge in [-0.1, -0.05) is 37.3 Å². The molecule has 2 heterocycles. The molecule has 1 fully saturated rings. The number of anilines is 1. The van der Waals surface area contributed by atoms with E-state index in [0.29, 0.717) is 28.9 Å². The van der Waals surface area contributed by atoms with Gasteiger partial charge in [0.15, 0.2) is 0 Å². The Morgan fingerprint density at radius 2 is 1.74 bits per heavy atom. The lowest BCUT2D eigenvalue weighted by atomic mass is 9.95. The Labute approximate surface area is 210 Å². The van der Waals surface area contributed by atoms with Crippen LogP contribution in [0, 0.1) is 5.41 Å². The second kappa shape index (κ2) is 10.4. The number of nitrogens with two attached hydrogens (primary N) is 1. The molecule has 1 saturated heterocycles. The fraction of sp³-hybridized carbons (Fsp3) is 0.379. The first-order valence-corrected chi connectivity index (χ1v) is 14.0. The number of rotatable bonds is 6. The molecule has 0 amide bonds. The summed E-state index contributed by atoms with van der Waals surface area (Å²) in [5.41, 5.74) is 12.9. The number of benzene rings is 2. The summed E-state index contributed by atoms with van der Waals surface area (Å²) in [5, 5.41) is 8.78. The predicted molar refractivity (Wildman–Crippen MR) is 145 cm³/mol. The largest absolute Gasteiger partial charge is 0.383 e. The number of likely N-dealkylation sites (tertiary alicyclic amines) is 1. The zero-order chi connectivity index (χ0) is 24.4. The van der Waals surface area contributed by atoms with Crippen molar-refractivity contribution in [3.8, 4) is 11.1 Å². The molecule has 3 N–H and O–H groups in total. The highest BCUT2D eigenvalue weighted by atomic mass is 32.2. The molecule has 0 spiro atoms. The molecule has 2 unspecified atom stereocenters. The van der Waals surface area contributed by atoms with Crippen molar-refractivity contribution in [3.05, 3.63) is 77.0 Å². The van der Waals surface area contributed by atoms with Crippen LogP contribution in [0.5, 0.6) is 0 Å². The van der Waals surface area contributed by atoms with Crippen molar-refractivity contribution in [2.24, 2.45) is 0 Å². The third-order valence-corrected chi connectivity index (χ3v) is 8.87. The zero-order valence-electron chi connectivity index (χ0n) is 20.4. The van der Waals surface area contributed by atoms with Gasteiger partial charge in [0.25, 0.3) is 0 Å². The molecule has 1 aliphatic carbocycles. The van der Waals surface area contributed by atoms with E-state index >= 15 is 0 Å². The van der Waals surface area contributed by atoms with E-state index in [9.17, 15) is 4.21 Å². The highest BCUT2D eigenvalue weighted by Gasteiger charge is 2.24. The summed E-state index contributed by atoms with van der Waals surface area (Å²) in [6, 6.07) is 16.8. The van der Waals surface area contributed by atoms with Crippen molar-refractivity contribution in [1.29, 1.82) is 5.41 Å². The molecule has 0 radical (unpaired) electrons. The minimum Gasteiger partial charge on any atom is -0.383 e. The molecule has 0 saturated carbocycles. The Bertz CT molecular complexity index is 1250. The summed E-state index contributed by atoms with van der Waals surface area (Å²) in [6.45, 7) is 4.42. The molecule has 2 aromatic carbocycles. The maximum absolute atomic E-state index is 12.1. The SMILES string of the molecule is CCS(=O)c1ccc(C(=N)c2cc(-c3ccc4c(c3)CCC(N3CCCC3)CC4)cnc2N)cc1. The van der Waals surface area contributed by atoms with Gasteiger partial charge in [0.2, 0.25) is 0 Å². The lowest BCUT2D eigenvalue weighted by Crippen LogP contribution is -2.32. The van der Waals surface area contributed by atoms with Gasteiger partial charge in [0, 0.05) is 39.6 Å². The Balaban J connectivity index is 1.38. The molecule has 6 heteroatoms. The predicted octanol–water partition coefficient (Wildman–Crippen LogP) is 5.22. The number of hydrogen-bond donors (Lipinski definition) is 2. The average molecular weight is 487 g/mol. The van der Waals surface area contributed by atoms with Gasteiger partial charge in [-0.15, -0.1) is 0 Å². The van der Waals surface area contributed by atoms with E-state index in [2.05, 4.69) is 28.1 Å². The summed E-state index contributed by atoms with van der Waals surface area (Å²) >= 11 is 0. The van der Waals surface area contributed by atoms with Gasteiger partial charge in [0.05, 0.1) is 16.5 Å². The third-order valence-electron chi connectivity index (χ3n) is 7.55. The lowest BCUT2D eigenvalue weighted by Gasteiger charge is -2.26. The molecular formula is C29H34N4OS. The van der Waals surface area contributed by atoms with Crippen LogP contribution in [0.15, 0.2) is 59.6 Å². The van der Waals surface area contributed by atoms with E-state index in [0.717, 1.165) is 34.4 Å². The second-order valence-electron chi connectivity index (χ2n) is 9.65. The summed E-state index contributed by atoms with van der Waals surface area (Å²) in [4.78, 5) is 7.91. The first-order valence-electron chi connectivity index (χ1n) is 12.7. The number of aromatic nitrogens is 1. The molecule has 0 bridgehead atoms. The van der Waals surface area contributed by atoms with Crippen LogP contribution in [-0.2, 0) is 23.6 Å². The monoisotopic (exact) mass is 486 g/mol. The molecule has 2 aliphatic rings. The van der Waals surface area contributed by atoms with Gasteiger partial charge in [-0.2, -0.15) is 0 Å². The maximum atomic E-state index is 12.1. The van der Waals surface area contributed by atoms with Gasteiger partial charge < -0.3 is 10.6 Å². The van der Waals surface area contributed by atoms with Crippen molar-refractivity contribution in [3.63, 3.8) is 0 Å². The van der Waals surface area contributed by atoms with Crippen molar-refractivity contribution in [1.82, 2.24) is 9.88 Å². The van der Waals surface area contributed by atoms with Crippen molar-refractivity contribution < 1.29 is 4.21 Å². The van der Waals surface area contributed by atoms with Gasteiger partial charge in [-0.05, 0) is 86.5 Å². The van der Waals surface area contributed by atoms with E-state index in [1.54, 1.807) is 0 Å². The molecule has 1 aliphatic heterocycles. The van der Waals surface area contributed by atoms with Crippen LogP contribution >= 0.6 is 0 Å². The van der Waals surface area contributed by atoms with Crippen molar-refractivity contribution in [2.75, 3.05) is 24.6 Å². The molecule has 5 nitrogen and oxygen atoms in total. The maximum Gasteiger partial charge on any atom is 0.132 e. The summed E-state index contributed by atoms with van der Waals surface area (Å²) in [7, 11) is -1.01. The Kier molecular flexibility index (Phi) is 7.12. The van der Waals surface area contributed by atoms with Crippen molar-refractivity contribution >= 4 is 22.3 Å². The molecule has 182 valence electrons. The zero-order valence-corrected chi connectivity index (χ0v) is 21.2. The first-order chi connectivity index (χ1) is 17.0. The second-order valence-corrected chi connectivity index (χ2v) is 11.4. The number of nitrogens with one attached hydrogen (secondary N) is 1. The van der Waals surface area contributed by atoms with Crippen LogP contribution in [0.4, 0.5) is 5.82 Å². The Hall–Kier alpha value is -2.83. The first kappa shape index (κ1) is 23.9. The molecular weight excluding hydrogens is 452 g/mol. The standard InChI is InChI=1S/C29H34N4OS/c1-2-35(34)26-13-9-21(10-14-26)28(30)27-18-24(19-32-29(27)31)23-6-5-20-7-11-25(12-8-22(20)17-23)33-15-3-4-16-33/h5-6,9-10,13-14,17-19,25,30H,2-4,7-8,11-12,15-16H2,1H3,(H2,31,32). The van der Waals surface area contributed by atoms with Gasteiger partial charge in [-0.25, -0.2) is 4.98 Å². The lowest BCUT2D eigenvalue weighted by molar-refractivity contribution is 0.222. The van der Waals surface area contributed by atoms with E-state index in [4.69, 9.17) is 11.1 Å². The third kappa shape index (κ3) is 5.09. The molecule has 1 aromatic heterocycles. The normalized spacial score (nSPS) is 19.2. The summed E-state index contributed by atoms with van der Waals surface area (Å²) in [5.74, 6) is 0.929. The molecule has 2 atom stereocenters. The number of fused-ring (bicyclic) bond motifs is 1. The fourth-order valence-corrected chi connectivity index (χ4v) is 6.24. The molecule has 5 rings (SSSR count). The van der Waals surface area contributed by atoms with Crippen LogP contribution in [0.2, 0.25) is 0 Å². The van der Waals surface area contributed by atoms with E-state index in [-0.39, 0.29) is 0 Å². The Morgan fingerprint density at radius 1 is 1.03 bits per heavy atom.